The van der Waals surface area contributed by atoms with Crippen LogP contribution in [0.2, 0.25) is 0 Å². The molecule has 3 aliphatic rings. The largest absolute Gasteiger partial charge is 0.368 e. The smallest absolute Gasteiger partial charge is 0.261 e. The molecular formula is C19H24N4O5S. The lowest BCUT2D eigenvalue weighted by Gasteiger charge is -2.38. The van der Waals surface area contributed by atoms with Gasteiger partial charge >= 0.3 is 0 Å². The molecule has 0 bridgehead atoms. The van der Waals surface area contributed by atoms with Gasteiger partial charge in [-0.15, -0.1) is 0 Å². The zero-order valence-electron chi connectivity index (χ0n) is 16.2. The van der Waals surface area contributed by atoms with Crippen LogP contribution in [0.4, 0.5) is 0 Å². The van der Waals surface area contributed by atoms with Gasteiger partial charge in [-0.3, -0.25) is 24.2 Å². The maximum atomic E-state index is 13.1. The normalized spacial score (nSPS) is 24.3. The highest BCUT2D eigenvalue weighted by molar-refractivity contribution is 7.89. The molecule has 1 aromatic rings. The summed E-state index contributed by atoms with van der Waals surface area (Å²) in [5.41, 5.74) is 5.84. The van der Waals surface area contributed by atoms with Crippen LogP contribution in [0, 0.1) is 0 Å². The number of amides is 3. The molecular weight excluding hydrogens is 396 g/mol. The molecule has 1 atom stereocenters. The Balaban J connectivity index is 1.50. The minimum absolute atomic E-state index is 0.0161. The molecule has 2 N–H and O–H groups in total. The Bertz CT molecular complexity index is 984. The zero-order chi connectivity index (χ0) is 20.9. The summed E-state index contributed by atoms with van der Waals surface area (Å²) in [4.78, 5) is 39.0. The van der Waals surface area contributed by atoms with E-state index in [1.54, 1.807) is 0 Å². The Morgan fingerprint density at radius 3 is 2.34 bits per heavy atom. The molecule has 0 aromatic heterocycles. The SMILES string of the molecule is CN1C(=O)c2ccc(S(=O)(=O)N3CCC(N4CCCC4C(N)=O)CC3)cc2C1=O. The van der Waals surface area contributed by atoms with Gasteiger partial charge in [0.15, 0.2) is 0 Å². The van der Waals surface area contributed by atoms with Gasteiger partial charge in [-0.05, 0) is 50.4 Å². The Morgan fingerprint density at radius 1 is 1.03 bits per heavy atom. The van der Waals surface area contributed by atoms with Crippen LogP contribution in [0.3, 0.4) is 0 Å². The van der Waals surface area contributed by atoms with E-state index in [0.29, 0.717) is 25.9 Å². The van der Waals surface area contributed by atoms with Crippen molar-refractivity contribution in [1.82, 2.24) is 14.1 Å². The Morgan fingerprint density at radius 2 is 1.69 bits per heavy atom. The van der Waals surface area contributed by atoms with E-state index >= 15 is 0 Å². The molecule has 3 amide bonds. The Hall–Kier alpha value is -2.30. The molecule has 0 aliphatic carbocycles. The summed E-state index contributed by atoms with van der Waals surface area (Å²) in [7, 11) is -2.40. The molecule has 1 aromatic carbocycles. The molecule has 0 saturated carbocycles. The van der Waals surface area contributed by atoms with Gasteiger partial charge in [0, 0.05) is 26.2 Å². The number of nitrogens with zero attached hydrogens (tertiary/aromatic N) is 3. The molecule has 4 rings (SSSR count). The molecule has 1 unspecified atom stereocenters. The van der Waals surface area contributed by atoms with E-state index < -0.39 is 21.8 Å². The minimum atomic E-state index is -3.78. The fourth-order valence-corrected chi connectivity index (χ4v) is 6.09. The van der Waals surface area contributed by atoms with E-state index in [2.05, 4.69) is 4.90 Å². The molecule has 0 radical (unpaired) electrons. The van der Waals surface area contributed by atoms with Crippen LogP contribution in [-0.2, 0) is 14.8 Å². The number of benzene rings is 1. The van der Waals surface area contributed by atoms with Crippen LogP contribution >= 0.6 is 0 Å². The van der Waals surface area contributed by atoms with Crippen molar-refractivity contribution in [3.8, 4) is 0 Å². The summed E-state index contributed by atoms with van der Waals surface area (Å²) in [6.45, 7) is 1.47. The fourth-order valence-electron chi connectivity index (χ4n) is 4.60. The zero-order valence-corrected chi connectivity index (χ0v) is 17.0. The van der Waals surface area contributed by atoms with Gasteiger partial charge in [0.1, 0.15) is 0 Å². The van der Waals surface area contributed by atoms with Crippen molar-refractivity contribution in [2.24, 2.45) is 5.73 Å². The number of likely N-dealkylation sites (tertiary alicyclic amines) is 1. The lowest BCUT2D eigenvalue weighted by atomic mass is 10.0. The second-order valence-corrected chi connectivity index (χ2v) is 9.75. The van der Waals surface area contributed by atoms with Crippen molar-refractivity contribution < 1.29 is 22.8 Å². The van der Waals surface area contributed by atoms with Gasteiger partial charge in [-0.2, -0.15) is 4.31 Å². The monoisotopic (exact) mass is 420 g/mol. The van der Waals surface area contributed by atoms with Crippen molar-refractivity contribution in [2.75, 3.05) is 26.7 Å². The van der Waals surface area contributed by atoms with E-state index in [1.807, 2.05) is 0 Å². The lowest BCUT2D eigenvalue weighted by Crippen LogP contribution is -2.51. The maximum absolute atomic E-state index is 13.1. The number of carbonyl (C=O) groups excluding carboxylic acids is 3. The van der Waals surface area contributed by atoms with Gasteiger partial charge in [0.05, 0.1) is 22.1 Å². The number of fused-ring (bicyclic) bond motifs is 1. The van der Waals surface area contributed by atoms with Gasteiger partial charge in [0.25, 0.3) is 11.8 Å². The average Bonchev–Trinajstić information content (AvgIpc) is 3.29. The Kier molecular flexibility index (Phi) is 4.96. The predicted molar refractivity (Wildman–Crippen MR) is 104 cm³/mol. The number of imide groups is 1. The molecule has 2 fully saturated rings. The lowest BCUT2D eigenvalue weighted by molar-refractivity contribution is -0.123. The first kappa shape index (κ1) is 20.0. The summed E-state index contributed by atoms with van der Waals surface area (Å²) >= 11 is 0. The molecule has 9 nitrogen and oxygen atoms in total. The molecule has 2 saturated heterocycles. The molecule has 0 spiro atoms. The molecule has 3 aliphatic heterocycles. The maximum Gasteiger partial charge on any atom is 0.261 e. The third-order valence-electron chi connectivity index (χ3n) is 6.21. The number of nitrogens with two attached hydrogens (primary N) is 1. The van der Waals surface area contributed by atoms with Crippen molar-refractivity contribution in [2.45, 2.75) is 42.7 Å². The van der Waals surface area contributed by atoms with Crippen molar-refractivity contribution in [3.63, 3.8) is 0 Å². The van der Waals surface area contributed by atoms with E-state index in [4.69, 9.17) is 5.73 Å². The van der Waals surface area contributed by atoms with Crippen LogP contribution < -0.4 is 5.73 Å². The molecule has 29 heavy (non-hydrogen) atoms. The van der Waals surface area contributed by atoms with Gasteiger partial charge in [-0.25, -0.2) is 8.42 Å². The fraction of sp³-hybridized carbons (Fsp3) is 0.526. The first-order valence-corrected chi connectivity index (χ1v) is 11.2. The third kappa shape index (κ3) is 3.24. The topological polar surface area (TPSA) is 121 Å². The Labute approximate surface area is 169 Å². The van der Waals surface area contributed by atoms with Crippen LogP contribution in [0.15, 0.2) is 23.1 Å². The second-order valence-electron chi connectivity index (χ2n) is 7.81. The average molecular weight is 420 g/mol. The van der Waals surface area contributed by atoms with Crippen molar-refractivity contribution in [3.05, 3.63) is 29.3 Å². The second kappa shape index (κ2) is 7.19. The molecule has 10 heteroatoms. The standard InChI is InChI=1S/C19H24N4O5S/c1-21-18(25)14-5-4-13(11-15(14)19(21)26)29(27,28)22-9-6-12(7-10-22)23-8-2-3-16(23)17(20)24/h4-5,11-12,16H,2-3,6-10H2,1H3,(H2,20,24). The quantitative estimate of drug-likeness (QED) is 0.685. The van der Waals surface area contributed by atoms with E-state index in [9.17, 15) is 22.8 Å². The van der Waals surface area contributed by atoms with E-state index in [0.717, 1.165) is 24.3 Å². The van der Waals surface area contributed by atoms with Crippen molar-refractivity contribution in [1.29, 1.82) is 0 Å². The van der Waals surface area contributed by atoms with Crippen LogP contribution in [0.25, 0.3) is 0 Å². The number of rotatable bonds is 4. The van der Waals surface area contributed by atoms with Gasteiger partial charge in [-0.1, -0.05) is 0 Å². The summed E-state index contributed by atoms with van der Waals surface area (Å²) in [6, 6.07) is 3.95. The summed E-state index contributed by atoms with van der Waals surface area (Å²) in [5, 5.41) is 0. The number of hydrogen-bond acceptors (Lipinski definition) is 6. The van der Waals surface area contributed by atoms with E-state index in [1.165, 1.54) is 29.6 Å². The van der Waals surface area contributed by atoms with Gasteiger partial charge < -0.3 is 5.73 Å². The number of sulfonamides is 1. The minimum Gasteiger partial charge on any atom is -0.368 e. The highest BCUT2D eigenvalue weighted by Crippen LogP contribution is 2.30. The molecule has 3 heterocycles. The number of piperidine rings is 1. The number of hydrogen-bond donors (Lipinski definition) is 1. The summed E-state index contributed by atoms with van der Waals surface area (Å²) < 4.78 is 27.6. The highest BCUT2D eigenvalue weighted by atomic mass is 32.2. The van der Waals surface area contributed by atoms with E-state index in [-0.39, 0.29) is 34.0 Å². The van der Waals surface area contributed by atoms with Crippen LogP contribution in [0.5, 0.6) is 0 Å². The third-order valence-corrected chi connectivity index (χ3v) is 8.11. The highest BCUT2D eigenvalue weighted by Gasteiger charge is 2.39. The number of primary amides is 1. The summed E-state index contributed by atoms with van der Waals surface area (Å²) in [6.07, 6.45) is 2.91. The van der Waals surface area contributed by atoms with Crippen LogP contribution in [0.1, 0.15) is 46.4 Å². The molecule has 156 valence electrons. The van der Waals surface area contributed by atoms with Crippen molar-refractivity contribution >= 4 is 27.7 Å². The van der Waals surface area contributed by atoms with Crippen LogP contribution in [-0.4, -0.2) is 79.0 Å². The summed E-state index contributed by atoms with van der Waals surface area (Å²) in [5.74, 6) is -1.24. The predicted octanol–water partition coefficient (Wildman–Crippen LogP) is 0.0152. The first-order chi connectivity index (χ1) is 13.7. The van der Waals surface area contributed by atoms with Gasteiger partial charge in [0.2, 0.25) is 15.9 Å². The number of carbonyl (C=O) groups is 3. The first-order valence-electron chi connectivity index (χ1n) is 9.73.